The molecule has 2 atom stereocenters. The lowest BCUT2D eigenvalue weighted by Gasteiger charge is -2.22. The average molecular weight is 362 g/mol. The summed E-state index contributed by atoms with van der Waals surface area (Å²) in [5.41, 5.74) is 0.226. The zero-order chi connectivity index (χ0) is 19.5. The van der Waals surface area contributed by atoms with Gasteiger partial charge in [0.1, 0.15) is 17.9 Å². The van der Waals surface area contributed by atoms with Crippen molar-refractivity contribution in [2.45, 2.75) is 46.8 Å². The van der Waals surface area contributed by atoms with Crippen molar-refractivity contribution in [2.75, 3.05) is 5.32 Å². The molecule has 10 nitrogen and oxygen atoms in total. The molecule has 10 heteroatoms. The number of amides is 2. The molecule has 26 heavy (non-hydrogen) atoms. The van der Waals surface area contributed by atoms with Crippen LogP contribution in [0.1, 0.15) is 34.6 Å². The maximum absolute atomic E-state index is 12.2. The van der Waals surface area contributed by atoms with Crippen molar-refractivity contribution in [3.63, 3.8) is 0 Å². The van der Waals surface area contributed by atoms with Gasteiger partial charge in [-0.25, -0.2) is 19.7 Å². The number of esters is 1. The SMILES string of the molecule is CC(NC(=O)C(C)(C)C)C(=O)OC(C)C(=O)Nc1ncnc2nc[nH]c12. The molecule has 0 aliphatic heterocycles. The van der Waals surface area contributed by atoms with Gasteiger partial charge in [0.05, 0.1) is 6.33 Å². The molecule has 2 unspecified atom stereocenters. The van der Waals surface area contributed by atoms with Gasteiger partial charge in [0.15, 0.2) is 17.6 Å². The Labute approximate surface area is 150 Å². The Morgan fingerprint density at radius 1 is 1.15 bits per heavy atom. The average Bonchev–Trinajstić information content (AvgIpc) is 3.03. The Morgan fingerprint density at radius 2 is 1.85 bits per heavy atom. The quantitative estimate of drug-likeness (QED) is 0.668. The van der Waals surface area contributed by atoms with E-state index in [-0.39, 0.29) is 11.7 Å². The molecule has 2 rings (SSSR count). The van der Waals surface area contributed by atoms with E-state index in [2.05, 4.69) is 30.6 Å². The van der Waals surface area contributed by atoms with Crippen LogP contribution in [0, 0.1) is 5.41 Å². The van der Waals surface area contributed by atoms with E-state index in [9.17, 15) is 14.4 Å². The van der Waals surface area contributed by atoms with E-state index in [1.54, 1.807) is 20.8 Å². The predicted octanol–water partition coefficient (Wildman–Crippen LogP) is 0.774. The van der Waals surface area contributed by atoms with Crippen LogP contribution in [0.5, 0.6) is 0 Å². The van der Waals surface area contributed by atoms with Crippen LogP contribution in [0.15, 0.2) is 12.7 Å². The Kier molecular flexibility index (Phi) is 5.53. The molecule has 0 saturated carbocycles. The number of imidazole rings is 1. The van der Waals surface area contributed by atoms with E-state index >= 15 is 0 Å². The van der Waals surface area contributed by atoms with Gasteiger partial charge in [0, 0.05) is 5.41 Å². The van der Waals surface area contributed by atoms with Crippen molar-refractivity contribution in [3.8, 4) is 0 Å². The van der Waals surface area contributed by atoms with Crippen LogP contribution in [-0.2, 0) is 19.1 Å². The summed E-state index contributed by atoms with van der Waals surface area (Å²) in [7, 11) is 0. The minimum absolute atomic E-state index is 0.231. The summed E-state index contributed by atoms with van der Waals surface area (Å²) < 4.78 is 5.12. The molecule has 140 valence electrons. The van der Waals surface area contributed by atoms with Crippen molar-refractivity contribution >= 4 is 34.8 Å². The third-order valence-electron chi connectivity index (χ3n) is 3.51. The fraction of sp³-hybridized carbons (Fsp3) is 0.500. The number of anilines is 1. The van der Waals surface area contributed by atoms with E-state index in [0.717, 1.165) is 0 Å². The predicted molar refractivity (Wildman–Crippen MR) is 92.9 cm³/mol. The van der Waals surface area contributed by atoms with E-state index in [1.165, 1.54) is 26.5 Å². The summed E-state index contributed by atoms with van der Waals surface area (Å²) in [6, 6.07) is -0.879. The van der Waals surface area contributed by atoms with Crippen molar-refractivity contribution < 1.29 is 19.1 Å². The Morgan fingerprint density at radius 3 is 2.50 bits per heavy atom. The second-order valence-corrected chi connectivity index (χ2v) is 6.84. The molecule has 2 aromatic rings. The molecular weight excluding hydrogens is 340 g/mol. The van der Waals surface area contributed by atoms with Crippen LogP contribution in [0.2, 0.25) is 0 Å². The molecule has 0 spiro atoms. The van der Waals surface area contributed by atoms with Gasteiger partial charge in [-0.2, -0.15) is 0 Å². The minimum Gasteiger partial charge on any atom is -0.451 e. The molecule has 2 aromatic heterocycles. The van der Waals surface area contributed by atoms with Gasteiger partial charge in [0.2, 0.25) is 5.91 Å². The zero-order valence-electron chi connectivity index (χ0n) is 15.3. The number of fused-ring (bicyclic) bond motifs is 1. The summed E-state index contributed by atoms with van der Waals surface area (Å²) in [4.78, 5) is 51.0. The number of carbonyl (C=O) groups excluding carboxylic acids is 3. The number of carbonyl (C=O) groups is 3. The van der Waals surface area contributed by atoms with Crippen LogP contribution < -0.4 is 10.6 Å². The second kappa shape index (κ2) is 7.46. The van der Waals surface area contributed by atoms with Gasteiger partial charge in [-0.3, -0.25) is 9.59 Å². The van der Waals surface area contributed by atoms with Crippen molar-refractivity contribution in [2.24, 2.45) is 5.41 Å². The number of aromatic nitrogens is 4. The van der Waals surface area contributed by atoms with Crippen molar-refractivity contribution in [1.29, 1.82) is 0 Å². The van der Waals surface area contributed by atoms with E-state index in [1.807, 2.05) is 0 Å². The Balaban J connectivity index is 1.95. The highest BCUT2D eigenvalue weighted by molar-refractivity contribution is 5.99. The van der Waals surface area contributed by atoms with Crippen LogP contribution in [0.25, 0.3) is 11.2 Å². The lowest BCUT2D eigenvalue weighted by molar-refractivity contribution is -0.156. The molecule has 0 aromatic carbocycles. The normalized spacial score (nSPS) is 13.7. The molecule has 0 fully saturated rings. The molecule has 3 N–H and O–H groups in total. The summed E-state index contributed by atoms with van der Waals surface area (Å²) in [5.74, 6) is -1.34. The fourth-order valence-electron chi connectivity index (χ4n) is 1.88. The third kappa shape index (κ3) is 4.52. The van der Waals surface area contributed by atoms with Crippen molar-refractivity contribution in [3.05, 3.63) is 12.7 Å². The second-order valence-electron chi connectivity index (χ2n) is 6.84. The zero-order valence-corrected chi connectivity index (χ0v) is 15.3. The highest BCUT2D eigenvalue weighted by atomic mass is 16.5. The highest BCUT2D eigenvalue weighted by Crippen LogP contribution is 2.15. The maximum Gasteiger partial charge on any atom is 0.329 e. The van der Waals surface area contributed by atoms with Gasteiger partial charge < -0.3 is 20.4 Å². The van der Waals surface area contributed by atoms with Gasteiger partial charge in [0.25, 0.3) is 5.91 Å². The summed E-state index contributed by atoms with van der Waals surface area (Å²) in [6.45, 7) is 8.11. The van der Waals surface area contributed by atoms with Crippen molar-refractivity contribution in [1.82, 2.24) is 25.3 Å². The lowest BCUT2D eigenvalue weighted by atomic mass is 9.95. The maximum atomic E-state index is 12.2. The number of H-pyrrole nitrogens is 1. The smallest absolute Gasteiger partial charge is 0.329 e. The van der Waals surface area contributed by atoms with Crippen LogP contribution in [0.3, 0.4) is 0 Å². The molecule has 2 heterocycles. The summed E-state index contributed by atoms with van der Waals surface area (Å²) >= 11 is 0. The molecular formula is C16H22N6O4. The first-order valence-corrected chi connectivity index (χ1v) is 8.06. The van der Waals surface area contributed by atoms with E-state index in [0.29, 0.717) is 11.2 Å². The number of nitrogens with one attached hydrogen (secondary N) is 3. The molecule has 0 bridgehead atoms. The van der Waals surface area contributed by atoms with Crippen LogP contribution in [0.4, 0.5) is 5.82 Å². The number of ether oxygens (including phenoxy) is 1. The van der Waals surface area contributed by atoms with Crippen LogP contribution in [-0.4, -0.2) is 49.9 Å². The summed E-state index contributed by atoms with van der Waals surface area (Å²) in [6.07, 6.45) is 1.61. The Bertz CT molecular complexity index is 825. The van der Waals surface area contributed by atoms with Crippen LogP contribution >= 0.6 is 0 Å². The first-order valence-electron chi connectivity index (χ1n) is 8.06. The lowest BCUT2D eigenvalue weighted by Crippen LogP contribution is -2.46. The van der Waals surface area contributed by atoms with Gasteiger partial charge >= 0.3 is 5.97 Å². The minimum atomic E-state index is -1.08. The molecule has 0 saturated heterocycles. The molecule has 0 aliphatic carbocycles. The first-order chi connectivity index (χ1) is 12.1. The third-order valence-corrected chi connectivity index (χ3v) is 3.51. The van der Waals surface area contributed by atoms with Gasteiger partial charge in [-0.05, 0) is 13.8 Å². The number of rotatable bonds is 5. The highest BCUT2D eigenvalue weighted by Gasteiger charge is 2.28. The topological polar surface area (TPSA) is 139 Å². The summed E-state index contributed by atoms with van der Waals surface area (Å²) in [5, 5.41) is 5.11. The monoisotopic (exact) mass is 362 g/mol. The molecule has 0 radical (unpaired) electrons. The van der Waals surface area contributed by atoms with E-state index in [4.69, 9.17) is 4.74 Å². The number of hydrogen-bond donors (Lipinski definition) is 3. The standard InChI is InChI=1S/C16H22N6O4/c1-8(21-15(25)16(3,4)5)14(24)26-9(2)13(23)22-12-10-11(18-6-17-10)19-7-20-12/h6-9H,1-5H3,(H,21,25)(H2,17,18,19,20,22,23). The fourth-order valence-corrected chi connectivity index (χ4v) is 1.88. The first kappa shape index (κ1) is 19.3. The number of hydrogen-bond acceptors (Lipinski definition) is 7. The number of aromatic amines is 1. The number of nitrogens with zero attached hydrogens (tertiary/aromatic N) is 3. The molecule has 2 amide bonds. The molecule has 0 aliphatic rings. The van der Waals surface area contributed by atoms with Gasteiger partial charge in [-0.15, -0.1) is 0 Å². The van der Waals surface area contributed by atoms with Gasteiger partial charge in [-0.1, -0.05) is 20.8 Å². The Hall–Kier alpha value is -3.04. The largest absolute Gasteiger partial charge is 0.451 e. The van der Waals surface area contributed by atoms with E-state index < -0.39 is 29.4 Å².